The molecule has 38 heavy (non-hydrogen) atoms. The minimum atomic E-state index is -0.547. The van der Waals surface area contributed by atoms with Gasteiger partial charge in [-0.25, -0.2) is 4.79 Å². The van der Waals surface area contributed by atoms with E-state index in [-0.39, 0.29) is 13.2 Å². The van der Waals surface area contributed by atoms with E-state index < -0.39 is 12.1 Å². The van der Waals surface area contributed by atoms with Crippen LogP contribution in [-0.2, 0) is 14.3 Å². The van der Waals surface area contributed by atoms with Gasteiger partial charge in [0.25, 0.3) is 0 Å². The summed E-state index contributed by atoms with van der Waals surface area (Å²) in [4.78, 5) is 11.9. The van der Waals surface area contributed by atoms with Gasteiger partial charge in [-0.1, -0.05) is 82.2 Å². The minimum Gasteiger partial charge on any atom is -0.490 e. The molecule has 0 aromatic heterocycles. The Balaban J connectivity index is 1.59. The predicted molar refractivity (Wildman–Crippen MR) is 151 cm³/mol. The molecule has 204 valence electrons. The van der Waals surface area contributed by atoms with Gasteiger partial charge in [0, 0.05) is 23.5 Å². The number of benzene rings is 3. The summed E-state index contributed by atoms with van der Waals surface area (Å²) < 4.78 is 29.4. The molecular formula is C32H40O6. The summed E-state index contributed by atoms with van der Waals surface area (Å²) in [6.45, 7) is 9.80. The first kappa shape index (κ1) is 29.1. The number of unbranched alkanes of at least 4 members (excludes halogenated alkanes) is 1. The fourth-order valence-corrected chi connectivity index (χ4v) is 4.10. The highest BCUT2D eigenvalue weighted by Crippen LogP contribution is 2.33. The number of carbonyl (C=O) groups excluding carboxylic acids is 1. The number of hydrogen-bond donors (Lipinski definition) is 0. The molecule has 0 heterocycles. The molecule has 3 aromatic rings. The van der Waals surface area contributed by atoms with Crippen LogP contribution in [0.1, 0.15) is 39.5 Å². The Hall–Kier alpha value is -3.51. The van der Waals surface area contributed by atoms with Crippen molar-refractivity contribution in [2.45, 2.75) is 45.6 Å². The Labute approximate surface area is 226 Å². The third-order valence-corrected chi connectivity index (χ3v) is 6.27. The summed E-state index contributed by atoms with van der Waals surface area (Å²) in [5.41, 5.74) is 0. The fourth-order valence-electron chi connectivity index (χ4n) is 4.10. The van der Waals surface area contributed by atoms with Crippen molar-refractivity contribution in [3.05, 3.63) is 79.4 Å². The number of rotatable bonds is 18. The second-order valence-corrected chi connectivity index (χ2v) is 9.15. The van der Waals surface area contributed by atoms with Crippen molar-refractivity contribution in [2.24, 2.45) is 5.92 Å². The summed E-state index contributed by atoms with van der Waals surface area (Å²) in [7, 11) is 0. The van der Waals surface area contributed by atoms with E-state index in [9.17, 15) is 4.79 Å². The van der Waals surface area contributed by atoms with Gasteiger partial charge in [-0.2, -0.15) is 0 Å². The highest BCUT2D eigenvalue weighted by atomic mass is 16.6. The maximum absolute atomic E-state index is 11.9. The molecule has 0 spiro atoms. The lowest BCUT2D eigenvalue weighted by Gasteiger charge is -2.21. The molecular weight excluding hydrogens is 480 g/mol. The summed E-state index contributed by atoms with van der Waals surface area (Å²) in [5, 5.41) is 1.84. The predicted octanol–water partition coefficient (Wildman–Crippen LogP) is 7.01. The molecule has 3 rings (SSSR count). The van der Waals surface area contributed by atoms with Crippen LogP contribution in [0, 0.1) is 5.92 Å². The van der Waals surface area contributed by atoms with Crippen molar-refractivity contribution in [3.63, 3.8) is 0 Å². The summed E-state index contributed by atoms with van der Waals surface area (Å²) in [6.07, 6.45) is 5.17. The van der Waals surface area contributed by atoms with Crippen molar-refractivity contribution >= 4 is 16.7 Å². The molecule has 0 aliphatic heterocycles. The summed E-state index contributed by atoms with van der Waals surface area (Å²) >= 11 is 0. The van der Waals surface area contributed by atoms with Crippen molar-refractivity contribution in [2.75, 3.05) is 33.0 Å². The van der Waals surface area contributed by atoms with E-state index in [1.54, 1.807) is 0 Å². The van der Waals surface area contributed by atoms with Gasteiger partial charge in [-0.15, -0.1) is 0 Å². The molecule has 0 aliphatic carbocycles. The van der Waals surface area contributed by atoms with Crippen LogP contribution in [0.5, 0.6) is 17.2 Å². The van der Waals surface area contributed by atoms with Gasteiger partial charge >= 0.3 is 5.97 Å². The molecule has 0 aliphatic rings. The Morgan fingerprint density at radius 3 is 2.13 bits per heavy atom. The molecule has 0 bridgehead atoms. The van der Waals surface area contributed by atoms with Crippen LogP contribution < -0.4 is 14.2 Å². The lowest BCUT2D eigenvalue weighted by Crippen LogP contribution is -2.30. The van der Waals surface area contributed by atoms with Crippen LogP contribution >= 0.6 is 0 Å². The number of esters is 1. The Morgan fingerprint density at radius 1 is 0.816 bits per heavy atom. The Morgan fingerprint density at radius 2 is 1.47 bits per heavy atom. The van der Waals surface area contributed by atoms with E-state index in [1.807, 2.05) is 66.7 Å². The van der Waals surface area contributed by atoms with Crippen molar-refractivity contribution in [1.82, 2.24) is 0 Å². The first-order chi connectivity index (χ1) is 18.6. The smallest absolute Gasteiger partial charge is 0.330 e. The molecule has 0 saturated heterocycles. The topological polar surface area (TPSA) is 63.2 Å². The van der Waals surface area contributed by atoms with Gasteiger partial charge in [0.05, 0.1) is 6.61 Å². The van der Waals surface area contributed by atoms with Gasteiger partial charge in [0.15, 0.2) is 6.10 Å². The largest absolute Gasteiger partial charge is 0.490 e. The minimum absolute atomic E-state index is 0.167. The van der Waals surface area contributed by atoms with Gasteiger partial charge in [0.2, 0.25) is 0 Å². The van der Waals surface area contributed by atoms with E-state index >= 15 is 0 Å². The van der Waals surface area contributed by atoms with Crippen LogP contribution in [0.4, 0.5) is 0 Å². The maximum atomic E-state index is 11.9. The zero-order valence-electron chi connectivity index (χ0n) is 22.6. The van der Waals surface area contributed by atoms with E-state index in [2.05, 4.69) is 20.4 Å². The summed E-state index contributed by atoms with van der Waals surface area (Å²) in [5.74, 6) is 2.25. The molecule has 6 nitrogen and oxygen atoms in total. The van der Waals surface area contributed by atoms with Crippen LogP contribution in [0.3, 0.4) is 0 Å². The van der Waals surface area contributed by atoms with Gasteiger partial charge in [-0.3, -0.25) is 0 Å². The van der Waals surface area contributed by atoms with Crippen LogP contribution in [0.2, 0.25) is 0 Å². The third-order valence-electron chi connectivity index (χ3n) is 6.27. The zero-order valence-corrected chi connectivity index (χ0v) is 22.6. The fraction of sp³-hybridized carbons (Fsp3) is 0.406. The average molecular weight is 521 g/mol. The highest BCUT2D eigenvalue weighted by molar-refractivity contribution is 5.93. The van der Waals surface area contributed by atoms with Gasteiger partial charge in [0.1, 0.15) is 37.1 Å². The molecule has 2 unspecified atom stereocenters. The zero-order chi connectivity index (χ0) is 27.0. The molecule has 0 fully saturated rings. The highest BCUT2D eigenvalue weighted by Gasteiger charge is 2.17. The lowest BCUT2D eigenvalue weighted by atomic mass is 10.0. The Bertz CT molecular complexity index is 1110. The average Bonchev–Trinajstić information content (AvgIpc) is 2.96. The van der Waals surface area contributed by atoms with E-state index in [0.717, 1.165) is 41.2 Å². The normalized spacial score (nSPS) is 12.5. The van der Waals surface area contributed by atoms with E-state index in [4.69, 9.17) is 23.7 Å². The molecule has 3 aromatic carbocycles. The lowest BCUT2D eigenvalue weighted by molar-refractivity contribution is -0.148. The second-order valence-electron chi connectivity index (χ2n) is 9.15. The van der Waals surface area contributed by atoms with Crippen LogP contribution in [0.25, 0.3) is 10.8 Å². The number of para-hydroxylation sites is 1. The number of hydrogen-bond acceptors (Lipinski definition) is 6. The Kier molecular flexibility index (Phi) is 12.5. The second kappa shape index (κ2) is 16.4. The monoisotopic (exact) mass is 520 g/mol. The molecule has 0 N–H and O–H groups in total. The molecule has 6 heteroatoms. The quantitative estimate of drug-likeness (QED) is 0.102. The number of ether oxygens (including phenoxy) is 5. The van der Waals surface area contributed by atoms with Gasteiger partial charge < -0.3 is 23.7 Å². The van der Waals surface area contributed by atoms with E-state index in [1.165, 1.54) is 12.8 Å². The van der Waals surface area contributed by atoms with E-state index in [0.29, 0.717) is 31.5 Å². The number of carbonyl (C=O) groups is 1. The van der Waals surface area contributed by atoms with Crippen molar-refractivity contribution < 1.29 is 28.5 Å². The molecule has 0 saturated carbocycles. The van der Waals surface area contributed by atoms with Crippen molar-refractivity contribution in [1.29, 1.82) is 0 Å². The number of fused-ring (bicyclic) bond motifs is 1. The summed E-state index contributed by atoms with van der Waals surface area (Å²) in [6, 6.07) is 21.3. The maximum Gasteiger partial charge on any atom is 0.330 e. The van der Waals surface area contributed by atoms with Crippen LogP contribution in [0.15, 0.2) is 79.4 Å². The van der Waals surface area contributed by atoms with Crippen molar-refractivity contribution in [3.8, 4) is 17.2 Å². The SMILES string of the molecule is C=CC(=O)OC(COCC(CC)CCCC)COc1ccc(OCCOc2ccccc2)c2ccccc12. The van der Waals surface area contributed by atoms with Crippen LogP contribution in [-0.4, -0.2) is 45.1 Å². The molecule has 0 amide bonds. The third kappa shape index (κ3) is 9.42. The first-order valence-electron chi connectivity index (χ1n) is 13.5. The molecule has 0 radical (unpaired) electrons. The van der Waals surface area contributed by atoms with Gasteiger partial charge in [-0.05, 0) is 36.6 Å². The first-order valence-corrected chi connectivity index (χ1v) is 13.5. The molecule has 2 atom stereocenters. The standard InChI is InChI=1S/C32H40O6/c1-4-7-13-25(5-2)22-34-23-27(38-32(33)6-3)24-37-31-19-18-30(28-16-11-12-17-29(28)31)36-21-20-35-26-14-9-8-10-15-26/h6,8-12,14-19,25,27H,3-5,7,13,20-24H2,1-2H3.